The van der Waals surface area contributed by atoms with Crippen molar-refractivity contribution in [2.75, 3.05) is 13.2 Å². The number of hydrogen-bond donors (Lipinski definition) is 0. The van der Waals surface area contributed by atoms with Gasteiger partial charge in [-0.25, -0.2) is 4.79 Å². The molecule has 1 aromatic carbocycles. The molecule has 0 aromatic heterocycles. The highest BCUT2D eigenvalue weighted by molar-refractivity contribution is 7.85. The van der Waals surface area contributed by atoms with Crippen molar-refractivity contribution in [3.63, 3.8) is 0 Å². The third kappa shape index (κ3) is 6.48. The highest BCUT2D eigenvalue weighted by Gasteiger charge is 2.45. The van der Waals surface area contributed by atoms with Crippen LogP contribution >= 0.6 is 0 Å². The molecule has 158 valence electrons. The van der Waals surface area contributed by atoms with Gasteiger partial charge in [0, 0.05) is 18.5 Å². The average molecular weight is 412 g/mol. The fourth-order valence-corrected chi connectivity index (χ4v) is 4.81. The number of benzene rings is 1. The zero-order chi connectivity index (χ0) is 21.2. The van der Waals surface area contributed by atoms with Gasteiger partial charge in [0.2, 0.25) is 0 Å². The van der Waals surface area contributed by atoms with E-state index >= 15 is 0 Å². The zero-order valence-corrected chi connectivity index (χ0v) is 18.6. The van der Waals surface area contributed by atoms with Crippen molar-refractivity contribution in [1.82, 2.24) is 4.90 Å². The highest BCUT2D eigenvalue weighted by atomic mass is 32.2. The van der Waals surface area contributed by atoms with Gasteiger partial charge in [-0.15, -0.1) is 0 Å². The van der Waals surface area contributed by atoms with Crippen molar-refractivity contribution in [2.24, 2.45) is 11.3 Å². The minimum Gasteiger partial charge on any atom is -0.444 e. The number of carbonyl (C=O) groups is 1. The molecule has 6 nitrogen and oxygen atoms in total. The number of nitrogens with zero attached hydrogens (tertiary/aromatic N) is 1. The van der Waals surface area contributed by atoms with Crippen molar-refractivity contribution >= 4 is 16.2 Å². The Bertz CT molecular complexity index is 762. The third-order valence-corrected chi connectivity index (χ3v) is 5.87. The highest BCUT2D eigenvalue weighted by Crippen LogP contribution is 2.38. The average Bonchev–Trinajstić information content (AvgIpc) is 2.96. The van der Waals surface area contributed by atoms with Crippen LogP contribution in [0.15, 0.2) is 30.3 Å². The van der Waals surface area contributed by atoms with Crippen LogP contribution in [0.25, 0.3) is 0 Å². The van der Waals surface area contributed by atoms with Crippen LogP contribution in [0.3, 0.4) is 0 Å². The molecular weight excluding hydrogens is 378 g/mol. The summed E-state index contributed by atoms with van der Waals surface area (Å²) in [5, 5.41) is 0. The first kappa shape index (κ1) is 22.7. The molecule has 0 bridgehead atoms. The number of hydrogen-bond acceptors (Lipinski definition) is 5. The summed E-state index contributed by atoms with van der Waals surface area (Å²) >= 11 is 0. The van der Waals surface area contributed by atoms with E-state index in [1.165, 1.54) is 0 Å². The smallest absolute Gasteiger partial charge is 0.410 e. The van der Waals surface area contributed by atoms with Gasteiger partial charge in [-0.05, 0) is 38.2 Å². The van der Waals surface area contributed by atoms with Crippen LogP contribution in [0.1, 0.15) is 53.5 Å². The quantitative estimate of drug-likeness (QED) is 0.679. The molecule has 1 aliphatic heterocycles. The van der Waals surface area contributed by atoms with Crippen LogP contribution < -0.4 is 0 Å². The van der Waals surface area contributed by atoms with Crippen molar-refractivity contribution in [1.29, 1.82) is 0 Å². The molecule has 1 saturated heterocycles. The van der Waals surface area contributed by atoms with E-state index in [-0.39, 0.29) is 35.8 Å². The van der Waals surface area contributed by atoms with E-state index in [0.717, 1.165) is 0 Å². The lowest BCUT2D eigenvalue weighted by Crippen LogP contribution is -2.48. The number of carbonyl (C=O) groups excluding carboxylic acids is 1. The van der Waals surface area contributed by atoms with E-state index in [2.05, 4.69) is 0 Å². The standard InChI is InChI=1S/C21H33NO5S/c1-20(2,3)18-17(12-13-22(18)19(23)27-21(4,5)6)14-26-28(24,25)15-16-10-8-7-9-11-16/h7-11,17-18H,12-15H2,1-6H3/t17?,18-/m0/s1. The molecule has 0 N–H and O–H groups in total. The molecule has 2 atom stereocenters. The zero-order valence-electron chi connectivity index (χ0n) is 17.8. The van der Waals surface area contributed by atoms with Gasteiger partial charge in [0.15, 0.2) is 0 Å². The Morgan fingerprint density at radius 2 is 1.71 bits per heavy atom. The Hall–Kier alpha value is -1.60. The minimum absolute atomic E-state index is 0.0659. The van der Waals surface area contributed by atoms with E-state index in [9.17, 15) is 13.2 Å². The topological polar surface area (TPSA) is 72.9 Å². The number of amides is 1. The minimum atomic E-state index is -3.69. The largest absolute Gasteiger partial charge is 0.444 e. The Kier molecular flexibility index (Phi) is 6.82. The number of rotatable bonds is 5. The van der Waals surface area contributed by atoms with E-state index < -0.39 is 15.7 Å². The molecule has 1 fully saturated rings. The number of likely N-dealkylation sites (tertiary alicyclic amines) is 1. The summed E-state index contributed by atoms with van der Waals surface area (Å²) in [6, 6.07) is 8.81. The Balaban J connectivity index is 2.07. The van der Waals surface area contributed by atoms with E-state index in [1.54, 1.807) is 29.2 Å². The molecule has 0 spiro atoms. The second-order valence-corrected chi connectivity index (χ2v) is 11.1. The lowest BCUT2D eigenvalue weighted by molar-refractivity contribution is 0.00559. The lowest BCUT2D eigenvalue weighted by Gasteiger charge is -2.38. The molecule has 1 amide bonds. The van der Waals surface area contributed by atoms with Crippen LogP contribution in [-0.4, -0.2) is 44.2 Å². The van der Waals surface area contributed by atoms with Crippen LogP contribution in [0.2, 0.25) is 0 Å². The first-order chi connectivity index (χ1) is 12.8. The van der Waals surface area contributed by atoms with Gasteiger partial charge in [0.25, 0.3) is 10.1 Å². The third-order valence-electron chi connectivity index (χ3n) is 4.69. The first-order valence-electron chi connectivity index (χ1n) is 9.69. The van der Waals surface area contributed by atoms with Crippen molar-refractivity contribution < 1.29 is 22.1 Å². The fourth-order valence-electron chi connectivity index (χ4n) is 3.74. The SMILES string of the molecule is CC(C)(C)OC(=O)N1CCC(COS(=O)(=O)Cc2ccccc2)[C@H]1C(C)(C)C. The summed E-state index contributed by atoms with van der Waals surface area (Å²) in [4.78, 5) is 14.4. The Labute approximate surface area is 169 Å². The molecule has 1 aliphatic rings. The lowest BCUT2D eigenvalue weighted by atomic mass is 9.80. The molecule has 28 heavy (non-hydrogen) atoms. The van der Waals surface area contributed by atoms with E-state index in [4.69, 9.17) is 8.92 Å². The van der Waals surface area contributed by atoms with Crippen molar-refractivity contribution in [3.05, 3.63) is 35.9 Å². The van der Waals surface area contributed by atoms with Gasteiger partial charge >= 0.3 is 6.09 Å². The Morgan fingerprint density at radius 1 is 1.11 bits per heavy atom. The molecule has 0 aliphatic carbocycles. The first-order valence-corrected chi connectivity index (χ1v) is 11.3. The van der Waals surface area contributed by atoms with Crippen LogP contribution in [0.5, 0.6) is 0 Å². The molecule has 7 heteroatoms. The summed E-state index contributed by atoms with van der Waals surface area (Å²) in [6.07, 6.45) is 0.323. The van der Waals surface area contributed by atoms with Gasteiger partial charge in [0.1, 0.15) is 11.4 Å². The maximum Gasteiger partial charge on any atom is 0.410 e. The summed E-state index contributed by atoms with van der Waals surface area (Å²) in [5.74, 6) is -0.227. The van der Waals surface area contributed by atoms with Gasteiger partial charge in [0.05, 0.1) is 6.61 Å². The maximum absolute atomic E-state index is 12.7. The maximum atomic E-state index is 12.7. The molecule has 2 rings (SSSR count). The monoisotopic (exact) mass is 411 g/mol. The molecule has 0 radical (unpaired) electrons. The second-order valence-electron chi connectivity index (χ2n) is 9.51. The van der Waals surface area contributed by atoms with Gasteiger partial charge in [-0.2, -0.15) is 8.42 Å². The van der Waals surface area contributed by atoms with Crippen LogP contribution in [0.4, 0.5) is 4.79 Å². The molecule has 1 unspecified atom stereocenters. The molecule has 0 saturated carbocycles. The molecular formula is C21H33NO5S. The predicted octanol–water partition coefficient (Wildman–Crippen LogP) is 4.20. The van der Waals surface area contributed by atoms with Gasteiger partial charge in [-0.1, -0.05) is 51.1 Å². The summed E-state index contributed by atoms with van der Waals surface area (Å²) in [7, 11) is -3.69. The van der Waals surface area contributed by atoms with Gasteiger partial charge in [-0.3, -0.25) is 4.18 Å². The van der Waals surface area contributed by atoms with E-state index in [1.807, 2.05) is 47.6 Å². The van der Waals surface area contributed by atoms with Gasteiger partial charge < -0.3 is 9.64 Å². The number of ether oxygens (including phenoxy) is 1. The normalized spacial score (nSPS) is 21.0. The summed E-state index contributed by atoms with van der Waals surface area (Å²) in [5.41, 5.74) is -0.116. The van der Waals surface area contributed by atoms with E-state index in [0.29, 0.717) is 18.5 Å². The van der Waals surface area contributed by atoms with Crippen molar-refractivity contribution in [2.45, 2.75) is 65.4 Å². The summed E-state index contributed by atoms with van der Waals surface area (Å²) < 4.78 is 35.7. The second kappa shape index (κ2) is 8.41. The molecule has 1 heterocycles. The fraction of sp³-hybridized carbons (Fsp3) is 0.667. The molecule has 1 aromatic rings. The Morgan fingerprint density at radius 3 is 2.25 bits per heavy atom. The summed E-state index contributed by atoms with van der Waals surface area (Å²) in [6.45, 7) is 12.3. The van der Waals surface area contributed by atoms with Crippen LogP contribution in [0, 0.1) is 11.3 Å². The van der Waals surface area contributed by atoms with Crippen LogP contribution in [-0.2, 0) is 24.8 Å². The predicted molar refractivity (Wildman–Crippen MR) is 109 cm³/mol. The van der Waals surface area contributed by atoms with Crippen molar-refractivity contribution in [3.8, 4) is 0 Å².